The number of hydrogen-bond donors (Lipinski definition) is 1. The highest BCUT2D eigenvalue weighted by Crippen LogP contribution is 2.34. The van der Waals surface area contributed by atoms with Crippen LogP contribution in [-0.2, 0) is 18.0 Å². The molecule has 0 aliphatic rings. The van der Waals surface area contributed by atoms with Crippen LogP contribution in [0.5, 0.6) is 0 Å². The quantitative estimate of drug-likeness (QED) is 0.634. The Morgan fingerprint density at radius 1 is 1.11 bits per heavy atom. The van der Waals surface area contributed by atoms with E-state index < -0.39 is 17.6 Å². The van der Waals surface area contributed by atoms with Gasteiger partial charge in [0.2, 0.25) is 5.91 Å². The fourth-order valence-electron chi connectivity index (χ4n) is 2.56. The predicted molar refractivity (Wildman–Crippen MR) is 99.4 cm³/mol. The van der Waals surface area contributed by atoms with E-state index in [4.69, 9.17) is 0 Å². The first kappa shape index (κ1) is 19.0. The lowest BCUT2D eigenvalue weighted by Gasteiger charge is -2.13. The molecule has 0 saturated carbocycles. The second kappa shape index (κ2) is 7.87. The Balaban J connectivity index is 1.67. The van der Waals surface area contributed by atoms with Crippen molar-refractivity contribution >= 4 is 23.4 Å². The summed E-state index contributed by atoms with van der Waals surface area (Å²) < 4.78 is 40.8. The molecule has 1 aromatic heterocycles. The number of aromatic nitrogens is 2. The molecule has 0 aliphatic carbocycles. The molecule has 0 saturated heterocycles. The minimum atomic E-state index is -4.53. The first-order chi connectivity index (χ1) is 12.9. The lowest BCUT2D eigenvalue weighted by Crippen LogP contribution is -2.18. The van der Waals surface area contributed by atoms with Crippen LogP contribution in [-0.4, -0.2) is 21.2 Å². The van der Waals surface area contributed by atoms with E-state index in [0.717, 1.165) is 29.1 Å². The van der Waals surface area contributed by atoms with Gasteiger partial charge >= 0.3 is 6.18 Å². The van der Waals surface area contributed by atoms with Gasteiger partial charge in [-0.3, -0.25) is 4.79 Å². The zero-order valence-corrected chi connectivity index (χ0v) is 15.1. The summed E-state index contributed by atoms with van der Waals surface area (Å²) in [5.74, 6) is -0.577. The van der Waals surface area contributed by atoms with E-state index in [0.29, 0.717) is 5.16 Å². The van der Waals surface area contributed by atoms with E-state index in [1.54, 1.807) is 6.20 Å². The normalized spacial score (nSPS) is 11.4. The molecule has 1 amide bonds. The molecule has 0 radical (unpaired) electrons. The second-order valence-corrected chi connectivity index (χ2v) is 6.67. The number of imidazole rings is 1. The van der Waals surface area contributed by atoms with E-state index >= 15 is 0 Å². The van der Waals surface area contributed by atoms with Gasteiger partial charge in [0.1, 0.15) is 0 Å². The maximum absolute atomic E-state index is 13.0. The van der Waals surface area contributed by atoms with Gasteiger partial charge in [-0.05, 0) is 17.7 Å². The molecule has 3 rings (SSSR count). The summed E-state index contributed by atoms with van der Waals surface area (Å²) in [6, 6.07) is 14.6. The number of thioether (sulfide) groups is 1. The van der Waals surface area contributed by atoms with E-state index in [-0.39, 0.29) is 11.4 Å². The van der Waals surface area contributed by atoms with Gasteiger partial charge in [0, 0.05) is 7.05 Å². The Bertz CT molecular complexity index is 939. The van der Waals surface area contributed by atoms with Crippen molar-refractivity contribution in [3.05, 3.63) is 66.4 Å². The third-order valence-corrected chi connectivity index (χ3v) is 4.90. The van der Waals surface area contributed by atoms with Gasteiger partial charge < -0.3 is 9.88 Å². The number of alkyl halides is 3. The summed E-state index contributed by atoms with van der Waals surface area (Å²) >= 11 is 1.16. The minimum absolute atomic E-state index is 0.0503. The molecule has 1 N–H and O–H groups in total. The van der Waals surface area contributed by atoms with Crippen molar-refractivity contribution in [2.45, 2.75) is 11.3 Å². The minimum Gasteiger partial charge on any atom is -0.325 e. The Hall–Kier alpha value is -2.74. The molecule has 3 aromatic rings. The van der Waals surface area contributed by atoms with Crippen molar-refractivity contribution in [3.63, 3.8) is 0 Å². The van der Waals surface area contributed by atoms with Crippen LogP contribution in [0.1, 0.15) is 5.56 Å². The number of hydrogen-bond acceptors (Lipinski definition) is 3. The fraction of sp³-hybridized carbons (Fsp3) is 0.158. The van der Waals surface area contributed by atoms with Gasteiger partial charge in [0.15, 0.2) is 5.16 Å². The van der Waals surface area contributed by atoms with Crippen LogP contribution in [0.4, 0.5) is 18.9 Å². The lowest BCUT2D eigenvalue weighted by atomic mass is 10.1. The van der Waals surface area contributed by atoms with Crippen LogP contribution in [0.25, 0.3) is 11.3 Å². The average Bonchev–Trinajstić information content (AvgIpc) is 3.01. The fourth-order valence-corrected chi connectivity index (χ4v) is 3.31. The van der Waals surface area contributed by atoms with Crippen molar-refractivity contribution < 1.29 is 18.0 Å². The maximum Gasteiger partial charge on any atom is 0.418 e. The number of nitrogens with zero attached hydrogens (tertiary/aromatic N) is 2. The number of anilines is 1. The van der Waals surface area contributed by atoms with Gasteiger partial charge in [-0.1, -0.05) is 54.2 Å². The summed E-state index contributed by atoms with van der Waals surface area (Å²) in [5, 5.41) is 2.93. The van der Waals surface area contributed by atoms with Crippen LogP contribution in [0.15, 0.2) is 66.0 Å². The molecule has 0 spiro atoms. The lowest BCUT2D eigenvalue weighted by molar-refractivity contribution is -0.137. The molecule has 0 aliphatic heterocycles. The summed E-state index contributed by atoms with van der Waals surface area (Å²) in [5.41, 5.74) is 0.760. The molecule has 140 valence electrons. The van der Waals surface area contributed by atoms with Crippen molar-refractivity contribution in [1.29, 1.82) is 0 Å². The van der Waals surface area contributed by atoms with Gasteiger partial charge in [-0.25, -0.2) is 4.98 Å². The standard InChI is InChI=1S/C19H16F3N3OS/c1-25-16(13-7-3-2-4-8-13)11-23-18(25)27-12-17(26)24-15-10-6-5-9-14(15)19(20,21)22/h2-11H,12H2,1H3,(H,24,26). The molecule has 8 heteroatoms. The Labute approximate surface area is 158 Å². The first-order valence-corrected chi connectivity index (χ1v) is 9.01. The molecular weight excluding hydrogens is 375 g/mol. The van der Waals surface area contributed by atoms with Gasteiger partial charge in [0.05, 0.1) is 28.9 Å². The monoisotopic (exact) mass is 391 g/mol. The number of rotatable bonds is 5. The number of carbonyl (C=O) groups excluding carboxylic acids is 1. The molecule has 27 heavy (non-hydrogen) atoms. The van der Waals surface area contributed by atoms with E-state index in [9.17, 15) is 18.0 Å². The molecule has 0 fully saturated rings. The zero-order valence-electron chi connectivity index (χ0n) is 14.3. The largest absolute Gasteiger partial charge is 0.418 e. The number of amides is 1. The predicted octanol–water partition coefficient (Wildman–Crippen LogP) is 4.84. The van der Waals surface area contributed by atoms with E-state index in [2.05, 4.69) is 10.3 Å². The SMILES string of the molecule is Cn1c(-c2ccccc2)cnc1SCC(=O)Nc1ccccc1C(F)(F)F. The molecule has 0 bridgehead atoms. The molecule has 0 unspecified atom stereocenters. The van der Waals surface area contributed by atoms with Crippen LogP contribution in [0.2, 0.25) is 0 Å². The highest BCUT2D eigenvalue weighted by atomic mass is 32.2. The summed E-state index contributed by atoms with van der Waals surface area (Å²) in [6.07, 6.45) is -2.82. The maximum atomic E-state index is 13.0. The van der Waals surface area contributed by atoms with Gasteiger partial charge in [-0.2, -0.15) is 13.2 Å². The van der Waals surface area contributed by atoms with Gasteiger partial charge in [0.25, 0.3) is 0 Å². The van der Waals surface area contributed by atoms with E-state index in [1.165, 1.54) is 18.2 Å². The van der Waals surface area contributed by atoms with Crippen molar-refractivity contribution in [2.24, 2.45) is 7.05 Å². The highest BCUT2D eigenvalue weighted by Gasteiger charge is 2.33. The second-order valence-electron chi connectivity index (χ2n) is 5.73. The average molecular weight is 391 g/mol. The molecule has 1 heterocycles. The topological polar surface area (TPSA) is 46.9 Å². The number of nitrogens with one attached hydrogen (secondary N) is 1. The van der Waals surface area contributed by atoms with Crippen LogP contribution in [0, 0.1) is 0 Å². The number of benzene rings is 2. The molecule has 4 nitrogen and oxygen atoms in total. The smallest absolute Gasteiger partial charge is 0.325 e. The van der Waals surface area contributed by atoms with Crippen LogP contribution in [0.3, 0.4) is 0 Å². The van der Waals surface area contributed by atoms with Crippen molar-refractivity contribution in [3.8, 4) is 11.3 Å². The third kappa shape index (κ3) is 4.51. The molecular formula is C19H16F3N3OS. The summed E-state index contributed by atoms with van der Waals surface area (Å²) in [7, 11) is 1.83. The molecule has 0 atom stereocenters. The first-order valence-electron chi connectivity index (χ1n) is 8.02. The Morgan fingerprint density at radius 3 is 2.48 bits per heavy atom. The van der Waals surface area contributed by atoms with Crippen LogP contribution >= 0.6 is 11.8 Å². The Kier molecular flexibility index (Phi) is 5.55. The Morgan fingerprint density at radius 2 is 1.78 bits per heavy atom. The number of halogens is 3. The summed E-state index contributed by atoms with van der Waals surface area (Å²) in [4.78, 5) is 16.4. The highest BCUT2D eigenvalue weighted by molar-refractivity contribution is 7.99. The molecule has 2 aromatic carbocycles. The van der Waals surface area contributed by atoms with Gasteiger partial charge in [-0.15, -0.1) is 0 Å². The zero-order chi connectivity index (χ0) is 19.4. The number of carbonyl (C=O) groups is 1. The third-order valence-electron chi connectivity index (χ3n) is 3.85. The van der Waals surface area contributed by atoms with E-state index in [1.807, 2.05) is 41.9 Å². The number of para-hydroxylation sites is 1. The van der Waals surface area contributed by atoms with Crippen molar-refractivity contribution in [2.75, 3.05) is 11.1 Å². The van der Waals surface area contributed by atoms with Crippen LogP contribution < -0.4 is 5.32 Å². The van der Waals surface area contributed by atoms with Crippen molar-refractivity contribution in [1.82, 2.24) is 9.55 Å². The summed E-state index contributed by atoms with van der Waals surface area (Å²) in [6.45, 7) is 0.